The van der Waals surface area contributed by atoms with E-state index in [0.29, 0.717) is 0 Å². The van der Waals surface area contributed by atoms with E-state index < -0.39 is 18.1 Å². The van der Waals surface area contributed by atoms with E-state index in [0.717, 1.165) is 0 Å². The minimum absolute atomic E-state index is 1.16. The van der Waals surface area contributed by atoms with Gasteiger partial charge in [-0.1, -0.05) is 0 Å². The molecule has 7 nitrogen and oxygen atoms in total. The quantitative estimate of drug-likeness (QED) is 0.575. The third-order valence-electron chi connectivity index (χ3n) is 2.30. The molecule has 0 aromatic heterocycles. The van der Waals surface area contributed by atoms with Crippen LogP contribution in [0, 0.1) is 0 Å². The van der Waals surface area contributed by atoms with Crippen LogP contribution < -0.4 is 0 Å². The SMILES string of the molecule is COC(OC)C(O)(OC)C(OC)(OC)OC. The highest BCUT2D eigenvalue weighted by molar-refractivity contribution is 4.83. The maximum Gasteiger partial charge on any atom is 0.345 e. The second-order valence-corrected chi connectivity index (χ2v) is 2.87. The Bertz CT molecular complexity index is 182. The molecule has 0 rings (SSSR count). The number of hydrogen-bond donors (Lipinski definition) is 1. The lowest BCUT2D eigenvalue weighted by molar-refractivity contribution is -0.505. The first-order chi connectivity index (χ1) is 7.51. The molecule has 0 saturated carbocycles. The van der Waals surface area contributed by atoms with Gasteiger partial charge in [0.1, 0.15) is 0 Å². The normalized spacial score (nSPS) is 16.5. The first-order valence-electron chi connectivity index (χ1n) is 4.50. The summed E-state index contributed by atoms with van der Waals surface area (Å²) in [5, 5.41) is 10.3. The Hall–Kier alpha value is -0.280. The van der Waals surface area contributed by atoms with Gasteiger partial charge in [-0.05, 0) is 0 Å². The maximum absolute atomic E-state index is 10.3. The lowest BCUT2D eigenvalue weighted by Crippen LogP contribution is -2.66. The molecule has 0 fully saturated rings. The lowest BCUT2D eigenvalue weighted by atomic mass is 10.2. The Balaban J connectivity index is 5.31. The molecule has 0 aliphatic rings. The van der Waals surface area contributed by atoms with E-state index in [4.69, 9.17) is 28.4 Å². The molecule has 0 spiro atoms. The molecule has 0 aliphatic heterocycles. The molecule has 1 N–H and O–H groups in total. The number of hydrogen-bond acceptors (Lipinski definition) is 7. The van der Waals surface area contributed by atoms with Crippen molar-refractivity contribution in [3.63, 3.8) is 0 Å². The second-order valence-electron chi connectivity index (χ2n) is 2.87. The highest BCUT2D eigenvalue weighted by atomic mass is 16.9. The van der Waals surface area contributed by atoms with Gasteiger partial charge in [-0.3, -0.25) is 0 Å². The predicted molar refractivity (Wildman–Crippen MR) is 53.5 cm³/mol. The molecule has 98 valence electrons. The molecule has 0 heterocycles. The van der Waals surface area contributed by atoms with Crippen LogP contribution in [0.5, 0.6) is 0 Å². The summed E-state index contributed by atoms with van der Waals surface area (Å²) in [5.74, 6) is -3.95. The second kappa shape index (κ2) is 6.45. The van der Waals surface area contributed by atoms with Crippen LogP contribution in [0.25, 0.3) is 0 Å². The molecule has 0 aromatic rings. The van der Waals surface area contributed by atoms with Crippen molar-refractivity contribution in [2.24, 2.45) is 0 Å². The van der Waals surface area contributed by atoms with E-state index in [-0.39, 0.29) is 0 Å². The van der Waals surface area contributed by atoms with Gasteiger partial charge < -0.3 is 33.5 Å². The van der Waals surface area contributed by atoms with Gasteiger partial charge in [0.2, 0.25) is 6.29 Å². The van der Waals surface area contributed by atoms with Gasteiger partial charge >= 0.3 is 11.8 Å². The van der Waals surface area contributed by atoms with Crippen molar-refractivity contribution >= 4 is 0 Å². The van der Waals surface area contributed by atoms with Crippen LogP contribution in [0.3, 0.4) is 0 Å². The molecular formula is C9H20O7. The first-order valence-corrected chi connectivity index (χ1v) is 4.50. The summed E-state index contributed by atoms with van der Waals surface area (Å²) in [6.07, 6.45) is -1.16. The summed E-state index contributed by atoms with van der Waals surface area (Å²) in [7, 11) is 7.79. The van der Waals surface area contributed by atoms with Crippen molar-refractivity contribution in [3.8, 4) is 0 Å². The Morgan fingerprint density at radius 1 is 0.750 bits per heavy atom. The lowest BCUT2D eigenvalue weighted by Gasteiger charge is -2.43. The predicted octanol–water partition coefficient (Wildman–Crippen LogP) is -0.467. The maximum atomic E-state index is 10.3. The van der Waals surface area contributed by atoms with Crippen LogP contribution in [0.1, 0.15) is 0 Å². The summed E-state index contributed by atoms with van der Waals surface area (Å²) in [6, 6.07) is 0. The molecular weight excluding hydrogens is 220 g/mol. The van der Waals surface area contributed by atoms with Crippen molar-refractivity contribution in [1.29, 1.82) is 0 Å². The molecule has 0 bridgehead atoms. The molecule has 0 aromatic carbocycles. The molecule has 16 heavy (non-hydrogen) atoms. The monoisotopic (exact) mass is 240 g/mol. The molecule has 0 saturated heterocycles. The molecule has 0 aliphatic carbocycles. The summed E-state index contributed by atoms with van der Waals surface area (Å²) in [6.45, 7) is 0. The number of rotatable bonds is 8. The standard InChI is InChI=1S/C9H20O7/c1-11-7(12-2)8(10,13-3)9(14-4,15-5)16-6/h7,10H,1-6H3. The van der Waals surface area contributed by atoms with E-state index in [1.54, 1.807) is 0 Å². The van der Waals surface area contributed by atoms with Crippen LogP contribution >= 0.6 is 0 Å². The van der Waals surface area contributed by atoms with Gasteiger partial charge in [0, 0.05) is 42.7 Å². The largest absolute Gasteiger partial charge is 0.355 e. The van der Waals surface area contributed by atoms with Crippen LogP contribution in [-0.4, -0.2) is 65.8 Å². The third kappa shape index (κ3) is 2.35. The molecule has 7 heteroatoms. The van der Waals surface area contributed by atoms with Gasteiger partial charge in [-0.15, -0.1) is 0 Å². The zero-order valence-electron chi connectivity index (χ0n) is 10.5. The minimum atomic E-state index is -2.09. The average molecular weight is 240 g/mol. The van der Waals surface area contributed by atoms with Gasteiger partial charge in [-0.2, -0.15) is 0 Å². The van der Waals surface area contributed by atoms with Crippen molar-refractivity contribution in [2.75, 3.05) is 42.7 Å². The van der Waals surface area contributed by atoms with Crippen LogP contribution in [0.2, 0.25) is 0 Å². The highest BCUT2D eigenvalue weighted by Gasteiger charge is 2.60. The number of ether oxygens (including phenoxy) is 6. The summed E-state index contributed by atoms with van der Waals surface area (Å²) in [5.41, 5.74) is 0. The fourth-order valence-electron chi connectivity index (χ4n) is 1.47. The zero-order chi connectivity index (χ0) is 12.8. The Morgan fingerprint density at radius 2 is 1.12 bits per heavy atom. The zero-order valence-corrected chi connectivity index (χ0v) is 10.5. The van der Waals surface area contributed by atoms with E-state index in [2.05, 4.69) is 0 Å². The average Bonchev–Trinajstić information content (AvgIpc) is 2.33. The van der Waals surface area contributed by atoms with Gasteiger partial charge in [0.15, 0.2) is 0 Å². The fourth-order valence-corrected chi connectivity index (χ4v) is 1.47. The van der Waals surface area contributed by atoms with E-state index in [1.807, 2.05) is 0 Å². The van der Waals surface area contributed by atoms with Crippen molar-refractivity contribution in [1.82, 2.24) is 0 Å². The number of methoxy groups -OCH3 is 6. The van der Waals surface area contributed by atoms with Crippen molar-refractivity contribution < 1.29 is 33.5 Å². The molecule has 0 amide bonds. The topological polar surface area (TPSA) is 75.6 Å². The third-order valence-corrected chi connectivity index (χ3v) is 2.30. The van der Waals surface area contributed by atoms with Gasteiger partial charge in [0.05, 0.1) is 0 Å². The Labute approximate surface area is 95.1 Å². The van der Waals surface area contributed by atoms with Crippen LogP contribution in [-0.2, 0) is 28.4 Å². The van der Waals surface area contributed by atoms with Crippen LogP contribution in [0.4, 0.5) is 0 Å². The fraction of sp³-hybridized carbons (Fsp3) is 1.00. The summed E-state index contributed by atoms with van der Waals surface area (Å²) in [4.78, 5) is 0. The molecule has 1 atom stereocenters. The van der Waals surface area contributed by atoms with E-state index >= 15 is 0 Å². The minimum Gasteiger partial charge on any atom is -0.355 e. The molecule has 1 unspecified atom stereocenters. The first kappa shape index (κ1) is 15.7. The van der Waals surface area contributed by atoms with E-state index in [1.165, 1.54) is 42.7 Å². The van der Waals surface area contributed by atoms with Crippen molar-refractivity contribution in [2.45, 2.75) is 18.1 Å². The smallest absolute Gasteiger partial charge is 0.345 e. The van der Waals surface area contributed by atoms with Gasteiger partial charge in [0.25, 0.3) is 0 Å². The number of aliphatic hydroxyl groups is 1. The molecule has 0 radical (unpaired) electrons. The summed E-state index contributed by atoms with van der Waals surface area (Å²) >= 11 is 0. The van der Waals surface area contributed by atoms with E-state index in [9.17, 15) is 5.11 Å². The van der Waals surface area contributed by atoms with Gasteiger partial charge in [-0.25, -0.2) is 0 Å². The van der Waals surface area contributed by atoms with Crippen molar-refractivity contribution in [3.05, 3.63) is 0 Å². The Kier molecular flexibility index (Phi) is 6.34. The van der Waals surface area contributed by atoms with Crippen LogP contribution in [0.15, 0.2) is 0 Å². The Morgan fingerprint density at radius 3 is 1.31 bits per heavy atom. The highest BCUT2D eigenvalue weighted by Crippen LogP contribution is 2.33. The summed E-state index contributed by atoms with van der Waals surface area (Å²) < 4.78 is 29.8.